The summed E-state index contributed by atoms with van der Waals surface area (Å²) in [4.78, 5) is 0. The number of ether oxygens (including phenoxy) is 2. The molecule has 2 saturated heterocycles. The summed E-state index contributed by atoms with van der Waals surface area (Å²) in [7, 11) is 0. The van der Waals surface area contributed by atoms with E-state index in [4.69, 9.17) is 9.47 Å². The third-order valence-electron chi connectivity index (χ3n) is 9.72. The molecule has 2 saturated carbocycles. The van der Waals surface area contributed by atoms with E-state index in [1.807, 2.05) is 6.08 Å². The van der Waals surface area contributed by atoms with E-state index >= 15 is 0 Å². The van der Waals surface area contributed by atoms with Crippen LogP contribution in [-0.4, -0.2) is 62.8 Å². The van der Waals surface area contributed by atoms with Crippen molar-refractivity contribution < 1.29 is 29.9 Å². The predicted octanol–water partition coefficient (Wildman–Crippen LogP) is 1.83. The van der Waals surface area contributed by atoms with E-state index < -0.39 is 41.7 Å². The van der Waals surface area contributed by atoms with E-state index in [1.54, 1.807) is 0 Å². The molecule has 0 aromatic heterocycles. The Morgan fingerprint density at radius 1 is 1.13 bits per heavy atom. The fraction of sp³-hybridized carbons (Fsp3) is 0.760. The minimum atomic E-state index is -1.94. The number of aliphatic hydroxyl groups is 4. The third kappa shape index (κ3) is 2.15. The summed E-state index contributed by atoms with van der Waals surface area (Å²) in [5.74, 6) is -0.0241. The molecule has 4 aliphatic carbocycles. The number of fused-ring (bicyclic) bond motifs is 5. The predicted molar refractivity (Wildman–Crippen MR) is 113 cm³/mol. The average molecular weight is 431 g/mol. The molecule has 0 unspecified atom stereocenters. The van der Waals surface area contributed by atoms with Crippen molar-refractivity contribution in [3.8, 4) is 0 Å². The number of aliphatic hydroxyl groups excluding tert-OH is 2. The summed E-state index contributed by atoms with van der Waals surface area (Å²) < 4.78 is 12.2. The van der Waals surface area contributed by atoms with Crippen LogP contribution in [0.5, 0.6) is 0 Å². The maximum absolute atomic E-state index is 11.7. The topological polar surface area (TPSA) is 99.4 Å². The fourth-order valence-electron chi connectivity index (χ4n) is 7.89. The quantitative estimate of drug-likeness (QED) is 0.474. The second kappa shape index (κ2) is 5.91. The summed E-state index contributed by atoms with van der Waals surface area (Å²) in [6, 6.07) is 0. The molecule has 0 aromatic rings. The van der Waals surface area contributed by atoms with Gasteiger partial charge in [0.15, 0.2) is 11.9 Å². The van der Waals surface area contributed by atoms with Crippen LogP contribution in [0.15, 0.2) is 34.9 Å². The minimum absolute atomic E-state index is 0.0124. The lowest BCUT2D eigenvalue weighted by Crippen LogP contribution is -2.77. The Balaban J connectivity index is 1.55. The Morgan fingerprint density at radius 2 is 1.87 bits per heavy atom. The lowest BCUT2D eigenvalue weighted by Gasteiger charge is -2.56. The van der Waals surface area contributed by atoms with Crippen molar-refractivity contribution in [2.75, 3.05) is 6.61 Å². The van der Waals surface area contributed by atoms with Crippen LogP contribution in [0, 0.1) is 28.6 Å². The van der Waals surface area contributed by atoms with Gasteiger partial charge in [0, 0.05) is 16.7 Å². The Hall–Kier alpha value is -1.02. The van der Waals surface area contributed by atoms with E-state index in [9.17, 15) is 20.4 Å². The summed E-state index contributed by atoms with van der Waals surface area (Å²) in [6.45, 7) is 8.74. The molecule has 2 bridgehead atoms. The average Bonchev–Trinajstić information content (AvgIpc) is 3.20. The van der Waals surface area contributed by atoms with Gasteiger partial charge in [0.25, 0.3) is 0 Å². The highest BCUT2D eigenvalue weighted by atomic mass is 16.7. The molecule has 0 aromatic carbocycles. The molecule has 4 fully saturated rings. The Morgan fingerprint density at radius 3 is 2.58 bits per heavy atom. The van der Waals surface area contributed by atoms with Gasteiger partial charge in [-0.1, -0.05) is 51.5 Å². The first-order valence-corrected chi connectivity index (χ1v) is 11.7. The van der Waals surface area contributed by atoms with E-state index in [2.05, 4.69) is 39.8 Å². The van der Waals surface area contributed by atoms with E-state index in [0.717, 1.165) is 19.3 Å². The molecular formula is C25H34O6. The van der Waals surface area contributed by atoms with Gasteiger partial charge in [0.1, 0.15) is 17.8 Å². The van der Waals surface area contributed by atoms with Gasteiger partial charge in [-0.15, -0.1) is 0 Å². The molecule has 31 heavy (non-hydrogen) atoms. The zero-order valence-electron chi connectivity index (χ0n) is 18.7. The summed E-state index contributed by atoms with van der Waals surface area (Å²) in [6.07, 6.45) is 5.01. The third-order valence-corrected chi connectivity index (χ3v) is 9.72. The summed E-state index contributed by atoms with van der Waals surface area (Å²) >= 11 is 0. The second-order valence-corrected chi connectivity index (χ2v) is 11.6. The van der Waals surface area contributed by atoms with Gasteiger partial charge in [-0.2, -0.15) is 0 Å². The van der Waals surface area contributed by atoms with Crippen molar-refractivity contribution in [2.24, 2.45) is 28.6 Å². The first-order chi connectivity index (χ1) is 14.5. The molecule has 0 radical (unpaired) electrons. The van der Waals surface area contributed by atoms with Crippen molar-refractivity contribution >= 4 is 0 Å². The molecule has 6 aliphatic rings. The fourth-order valence-corrected chi connectivity index (χ4v) is 7.89. The van der Waals surface area contributed by atoms with Crippen molar-refractivity contribution in [2.45, 2.75) is 82.8 Å². The van der Waals surface area contributed by atoms with Gasteiger partial charge in [-0.3, -0.25) is 0 Å². The van der Waals surface area contributed by atoms with Gasteiger partial charge in [0.2, 0.25) is 0 Å². The zero-order chi connectivity index (χ0) is 22.1. The van der Waals surface area contributed by atoms with Crippen molar-refractivity contribution in [1.82, 2.24) is 0 Å². The van der Waals surface area contributed by atoms with Crippen molar-refractivity contribution in [1.29, 1.82) is 0 Å². The molecule has 6 nitrogen and oxygen atoms in total. The van der Waals surface area contributed by atoms with Crippen LogP contribution in [0.3, 0.4) is 0 Å². The lowest BCUT2D eigenvalue weighted by molar-refractivity contribution is -0.341. The van der Waals surface area contributed by atoms with E-state index in [1.165, 1.54) is 11.1 Å². The van der Waals surface area contributed by atoms with Crippen LogP contribution in [0.25, 0.3) is 0 Å². The van der Waals surface area contributed by atoms with E-state index in [0.29, 0.717) is 11.5 Å². The van der Waals surface area contributed by atoms with Crippen LogP contribution in [-0.2, 0) is 9.47 Å². The van der Waals surface area contributed by atoms with Gasteiger partial charge >= 0.3 is 0 Å². The molecule has 10 atom stereocenters. The Labute approximate surface area is 183 Å². The second-order valence-electron chi connectivity index (χ2n) is 11.6. The largest absolute Gasteiger partial charge is 0.387 e. The molecule has 170 valence electrons. The van der Waals surface area contributed by atoms with E-state index in [-0.39, 0.29) is 23.4 Å². The molecule has 0 amide bonds. The Kier molecular flexibility index (Phi) is 3.92. The maximum Gasteiger partial charge on any atom is 0.190 e. The van der Waals surface area contributed by atoms with Gasteiger partial charge in [-0.25, -0.2) is 0 Å². The van der Waals surface area contributed by atoms with Crippen molar-refractivity contribution in [3.05, 3.63) is 34.9 Å². The summed E-state index contributed by atoms with van der Waals surface area (Å²) in [5, 5.41) is 45.0. The molecule has 0 spiro atoms. The zero-order valence-corrected chi connectivity index (χ0v) is 18.7. The molecule has 6 heteroatoms. The van der Waals surface area contributed by atoms with Gasteiger partial charge < -0.3 is 29.9 Å². The van der Waals surface area contributed by atoms with Crippen LogP contribution in [0.2, 0.25) is 0 Å². The number of hydrogen-bond donors (Lipinski definition) is 4. The first kappa shape index (κ1) is 20.6. The van der Waals surface area contributed by atoms with Crippen molar-refractivity contribution in [3.63, 3.8) is 0 Å². The first-order valence-electron chi connectivity index (χ1n) is 11.7. The minimum Gasteiger partial charge on any atom is -0.387 e. The molecular weight excluding hydrogens is 396 g/mol. The number of allylic oxidation sites excluding steroid dienone is 5. The highest BCUT2D eigenvalue weighted by Gasteiger charge is 2.77. The molecule has 2 aliphatic heterocycles. The normalized spacial score (nSPS) is 57.0. The smallest absolute Gasteiger partial charge is 0.190 e. The van der Waals surface area contributed by atoms with Gasteiger partial charge in [-0.05, 0) is 42.2 Å². The highest BCUT2D eigenvalue weighted by Crippen LogP contribution is 2.67. The highest BCUT2D eigenvalue weighted by molar-refractivity contribution is 5.48. The monoisotopic (exact) mass is 430 g/mol. The standard InChI is InChI=1S/C25H34O6/c1-12(2)13-7-8-22(3)9-10-23(4)15(16(13)22)6-5-14-17-19(23)31-21-25(17,29)20(27)24(28,11-30-21)18(14)26/h5,7-8,12,15,17-21,26-29H,6,9-11H2,1-4H3/t15-,17-,18-,19+,20+,21+,22+,23-,24+,25-/m1/s1. The molecule has 2 heterocycles. The lowest BCUT2D eigenvalue weighted by atomic mass is 9.51. The Bertz CT molecular complexity index is 936. The SMILES string of the molecule is CC(C)C1=C2[C@H]3CC=C4[C@@H](O)[C@@]5(O)CO[C@H]6O[C@@H]([C@@H]4[C@@]6(O)[C@H]5O)[C@]3(C)CC[C@]2(C)C=C1. The van der Waals surface area contributed by atoms with Crippen LogP contribution < -0.4 is 0 Å². The van der Waals surface area contributed by atoms with Gasteiger partial charge in [0.05, 0.1) is 12.7 Å². The number of hydrogen-bond acceptors (Lipinski definition) is 6. The molecule has 4 N–H and O–H groups in total. The maximum atomic E-state index is 11.7. The van der Waals surface area contributed by atoms with Crippen LogP contribution in [0.1, 0.15) is 47.0 Å². The van der Waals surface area contributed by atoms with Crippen LogP contribution >= 0.6 is 0 Å². The number of rotatable bonds is 1. The van der Waals surface area contributed by atoms with Crippen LogP contribution in [0.4, 0.5) is 0 Å². The summed E-state index contributed by atoms with van der Waals surface area (Å²) in [5.41, 5.74) is -0.564. The molecule has 6 rings (SSSR count).